The Bertz CT molecular complexity index is 606. The first-order valence-corrected chi connectivity index (χ1v) is 5.53. The molecule has 2 rings (SSSR count). The smallest absolute Gasteiger partial charge is 0.258 e. The van der Waals surface area contributed by atoms with Gasteiger partial charge in [0.2, 0.25) is 0 Å². The van der Waals surface area contributed by atoms with Crippen LogP contribution in [0.2, 0.25) is 5.02 Å². The molecule has 3 nitrogen and oxygen atoms in total. The minimum absolute atomic E-state index is 0.157. The van der Waals surface area contributed by atoms with E-state index in [2.05, 4.69) is 25.9 Å². The molecule has 0 spiro atoms. The molecule has 0 aliphatic heterocycles. The summed E-state index contributed by atoms with van der Waals surface area (Å²) in [6, 6.07) is 1.77. The van der Waals surface area contributed by atoms with Crippen LogP contribution in [0.5, 0.6) is 0 Å². The Morgan fingerprint density at radius 1 is 1.47 bits per heavy atom. The third kappa shape index (κ3) is 1.68. The van der Waals surface area contributed by atoms with Gasteiger partial charge in [0.25, 0.3) is 5.56 Å². The summed E-state index contributed by atoms with van der Waals surface area (Å²) in [6.45, 7) is 3.61. The lowest BCUT2D eigenvalue weighted by Crippen LogP contribution is -2.10. The molecule has 0 unspecified atom stereocenters. The molecule has 0 atom stereocenters. The highest BCUT2D eigenvalue weighted by molar-refractivity contribution is 9.10. The minimum atomic E-state index is -0.157. The van der Waals surface area contributed by atoms with Gasteiger partial charge in [-0.15, -0.1) is 0 Å². The first-order valence-electron chi connectivity index (χ1n) is 4.36. The van der Waals surface area contributed by atoms with E-state index in [4.69, 9.17) is 11.6 Å². The van der Waals surface area contributed by atoms with Crippen LogP contribution in [0.3, 0.4) is 0 Å². The van der Waals surface area contributed by atoms with Crippen molar-refractivity contribution >= 4 is 38.4 Å². The maximum atomic E-state index is 11.6. The van der Waals surface area contributed by atoms with Crippen molar-refractivity contribution in [1.82, 2.24) is 9.97 Å². The standard InChI is InChI=1S/C10H8BrClN2O/c1-4-3-6-9(8(12)7(4)11)13-5(2)14-10(6)15/h3H,1-2H3,(H,13,14,15). The second kappa shape index (κ2) is 3.61. The third-order valence-electron chi connectivity index (χ3n) is 2.18. The SMILES string of the molecule is Cc1nc2c(Cl)c(Br)c(C)cc2c(=O)[nH]1. The van der Waals surface area contributed by atoms with E-state index in [0.717, 1.165) is 10.0 Å². The van der Waals surface area contributed by atoms with Gasteiger partial charge in [0.1, 0.15) is 5.82 Å². The Balaban J connectivity index is 3.05. The molecule has 78 valence electrons. The number of aromatic amines is 1. The zero-order chi connectivity index (χ0) is 11.2. The summed E-state index contributed by atoms with van der Waals surface area (Å²) in [5.41, 5.74) is 1.30. The Hall–Kier alpha value is -0.870. The molecule has 0 saturated carbocycles. The summed E-state index contributed by atoms with van der Waals surface area (Å²) < 4.78 is 0.786. The van der Waals surface area contributed by atoms with E-state index >= 15 is 0 Å². The highest BCUT2D eigenvalue weighted by atomic mass is 79.9. The number of nitrogens with zero attached hydrogens (tertiary/aromatic N) is 1. The molecular formula is C10H8BrClN2O. The van der Waals surface area contributed by atoms with Crippen molar-refractivity contribution < 1.29 is 0 Å². The largest absolute Gasteiger partial charge is 0.310 e. The van der Waals surface area contributed by atoms with Gasteiger partial charge in [-0.25, -0.2) is 4.98 Å². The number of aromatic nitrogens is 2. The van der Waals surface area contributed by atoms with Crippen LogP contribution in [-0.2, 0) is 0 Å². The van der Waals surface area contributed by atoms with Gasteiger partial charge < -0.3 is 4.98 Å². The highest BCUT2D eigenvalue weighted by Crippen LogP contribution is 2.31. The molecule has 5 heteroatoms. The van der Waals surface area contributed by atoms with E-state index in [1.807, 2.05) is 6.92 Å². The van der Waals surface area contributed by atoms with Crippen LogP contribution >= 0.6 is 27.5 Å². The first kappa shape index (κ1) is 10.6. The fraction of sp³-hybridized carbons (Fsp3) is 0.200. The number of hydrogen-bond acceptors (Lipinski definition) is 2. The fourth-order valence-corrected chi connectivity index (χ4v) is 2.05. The lowest BCUT2D eigenvalue weighted by atomic mass is 10.1. The molecule has 0 fully saturated rings. The van der Waals surface area contributed by atoms with Gasteiger partial charge in [0, 0.05) is 4.47 Å². The fourth-order valence-electron chi connectivity index (χ4n) is 1.45. The van der Waals surface area contributed by atoms with Crippen LogP contribution in [0.25, 0.3) is 10.9 Å². The van der Waals surface area contributed by atoms with Crippen molar-refractivity contribution in [2.45, 2.75) is 13.8 Å². The molecule has 1 aromatic heterocycles. The zero-order valence-corrected chi connectivity index (χ0v) is 10.5. The molecule has 0 radical (unpaired) electrons. The lowest BCUT2D eigenvalue weighted by Gasteiger charge is -2.05. The summed E-state index contributed by atoms with van der Waals surface area (Å²) >= 11 is 9.48. The molecule has 0 bridgehead atoms. The molecule has 0 aliphatic rings. The summed E-state index contributed by atoms with van der Waals surface area (Å²) in [5, 5.41) is 1.01. The van der Waals surface area contributed by atoms with E-state index < -0.39 is 0 Å². The summed E-state index contributed by atoms with van der Waals surface area (Å²) in [5.74, 6) is 0.560. The summed E-state index contributed by atoms with van der Waals surface area (Å²) in [4.78, 5) is 18.5. The van der Waals surface area contributed by atoms with Crippen LogP contribution in [-0.4, -0.2) is 9.97 Å². The summed E-state index contributed by atoms with van der Waals surface area (Å²) in [7, 11) is 0. The first-order chi connectivity index (χ1) is 7.00. The normalized spacial score (nSPS) is 10.9. The van der Waals surface area contributed by atoms with E-state index in [1.54, 1.807) is 13.0 Å². The predicted molar refractivity (Wildman–Crippen MR) is 64.5 cm³/mol. The van der Waals surface area contributed by atoms with Crippen molar-refractivity contribution in [3.05, 3.63) is 37.3 Å². The Labute approximate surface area is 99.6 Å². The number of halogens is 2. The maximum absolute atomic E-state index is 11.6. The van der Waals surface area contributed by atoms with Gasteiger partial charge in [-0.1, -0.05) is 11.6 Å². The predicted octanol–water partition coefficient (Wildman–Crippen LogP) is 2.96. The zero-order valence-electron chi connectivity index (χ0n) is 8.19. The molecule has 0 saturated heterocycles. The van der Waals surface area contributed by atoms with Crippen molar-refractivity contribution in [2.24, 2.45) is 0 Å². The number of H-pyrrole nitrogens is 1. The monoisotopic (exact) mass is 286 g/mol. The van der Waals surface area contributed by atoms with Gasteiger partial charge in [-0.05, 0) is 41.4 Å². The van der Waals surface area contributed by atoms with Gasteiger partial charge >= 0.3 is 0 Å². The average Bonchev–Trinajstić information content (AvgIpc) is 2.17. The number of nitrogens with one attached hydrogen (secondary N) is 1. The molecule has 1 N–H and O–H groups in total. The number of aryl methyl sites for hydroxylation is 2. The number of benzene rings is 1. The number of hydrogen-bond donors (Lipinski definition) is 1. The van der Waals surface area contributed by atoms with Gasteiger partial charge in [-0.3, -0.25) is 4.79 Å². The number of rotatable bonds is 0. The Kier molecular flexibility index (Phi) is 2.56. The van der Waals surface area contributed by atoms with Gasteiger partial charge in [-0.2, -0.15) is 0 Å². The van der Waals surface area contributed by atoms with Crippen molar-refractivity contribution in [1.29, 1.82) is 0 Å². The topological polar surface area (TPSA) is 45.8 Å². The molecule has 1 heterocycles. The molecule has 15 heavy (non-hydrogen) atoms. The Morgan fingerprint density at radius 2 is 2.13 bits per heavy atom. The molecule has 0 amide bonds. The van der Waals surface area contributed by atoms with Gasteiger partial charge in [0.15, 0.2) is 0 Å². The van der Waals surface area contributed by atoms with Crippen LogP contribution in [0.15, 0.2) is 15.3 Å². The van der Waals surface area contributed by atoms with Crippen LogP contribution in [0, 0.1) is 13.8 Å². The maximum Gasteiger partial charge on any atom is 0.258 e. The Morgan fingerprint density at radius 3 is 2.80 bits per heavy atom. The molecule has 2 aromatic rings. The minimum Gasteiger partial charge on any atom is -0.310 e. The molecule has 1 aromatic carbocycles. The second-order valence-electron chi connectivity index (χ2n) is 3.37. The van der Waals surface area contributed by atoms with Crippen molar-refractivity contribution in [3.8, 4) is 0 Å². The van der Waals surface area contributed by atoms with E-state index in [1.165, 1.54) is 0 Å². The van der Waals surface area contributed by atoms with E-state index in [-0.39, 0.29) is 5.56 Å². The van der Waals surface area contributed by atoms with E-state index in [0.29, 0.717) is 21.7 Å². The van der Waals surface area contributed by atoms with Crippen molar-refractivity contribution in [2.75, 3.05) is 0 Å². The average molecular weight is 288 g/mol. The van der Waals surface area contributed by atoms with Crippen molar-refractivity contribution in [3.63, 3.8) is 0 Å². The summed E-state index contributed by atoms with van der Waals surface area (Å²) in [6.07, 6.45) is 0. The van der Waals surface area contributed by atoms with E-state index in [9.17, 15) is 4.79 Å². The molecule has 0 aliphatic carbocycles. The second-order valence-corrected chi connectivity index (χ2v) is 4.54. The van der Waals surface area contributed by atoms with Crippen LogP contribution < -0.4 is 5.56 Å². The highest BCUT2D eigenvalue weighted by Gasteiger charge is 2.11. The van der Waals surface area contributed by atoms with Gasteiger partial charge in [0.05, 0.1) is 15.9 Å². The van der Waals surface area contributed by atoms with Crippen LogP contribution in [0.4, 0.5) is 0 Å². The third-order valence-corrected chi connectivity index (χ3v) is 3.80. The lowest BCUT2D eigenvalue weighted by molar-refractivity contribution is 1.06. The number of fused-ring (bicyclic) bond motifs is 1. The van der Waals surface area contributed by atoms with Crippen LogP contribution in [0.1, 0.15) is 11.4 Å². The quantitative estimate of drug-likeness (QED) is 0.810. The molecular weight excluding hydrogens is 279 g/mol.